The Morgan fingerprint density at radius 2 is 1.85 bits per heavy atom. The Labute approximate surface area is 202 Å². The summed E-state index contributed by atoms with van der Waals surface area (Å²) in [5, 5.41) is 12.2. The normalized spacial score (nSPS) is 18.4. The molecule has 2 aliphatic rings. The number of likely N-dealkylation sites (tertiary alicyclic amines) is 1. The maximum Gasteiger partial charge on any atom is 0.155 e. The Kier molecular flexibility index (Phi) is 6.30. The van der Waals surface area contributed by atoms with Gasteiger partial charge < -0.3 is 0 Å². The third-order valence-corrected chi connectivity index (χ3v) is 6.97. The van der Waals surface area contributed by atoms with E-state index in [0.717, 1.165) is 52.7 Å². The number of benzene rings is 3. The summed E-state index contributed by atoms with van der Waals surface area (Å²) in [7, 11) is 0. The van der Waals surface area contributed by atoms with Crippen molar-refractivity contribution < 1.29 is 0 Å². The van der Waals surface area contributed by atoms with E-state index < -0.39 is 0 Å². The second kappa shape index (κ2) is 9.52. The van der Waals surface area contributed by atoms with Crippen molar-refractivity contribution in [3.8, 4) is 6.07 Å². The van der Waals surface area contributed by atoms with Crippen LogP contribution in [0.5, 0.6) is 0 Å². The van der Waals surface area contributed by atoms with E-state index in [4.69, 9.17) is 9.98 Å². The Balaban J connectivity index is 1.44. The Morgan fingerprint density at radius 1 is 1.06 bits per heavy atom. The molecule has 5 rings (SSSR count). The minimum absolute atomic E-state index is 0.516. The first-order chi connectivity index (χ1) is 16.5. The van der Waals surface area contributed by atoms with Crippen LogP contribution in [0.25, 0.3) is 10.8 Å². The Hall–Kier alpha value is -3.29. The molecule has 0 spiro atoms. The van der Waals surface area contributed by atoms with E-state index >= 15 is 0 Å². The summed E-state index contributed by atoms with van der Waals surface area (Å²) in [5.41, 5.74) is 6.23. The van der Waals surface area contributed by atoms with Crippen LogP contribution < -0.4 is 0 Å². The lowest BCUT2D eigenvalue weighted by Gasteiger charge is -2.18. The molecular weight excluding hydrogens is 416 g/mol. The zero-order chi connectivity index (χ0) is 23.7. The molecule has 0 saturated carbocycles. The largest absolute Gasteiger partial charge is 0.299 e. The molecule has 2 heterocycles. The molecule has 172 valence electrons. The van der Waals surface area contributed by atoms with Gasteiger partial charge in [-0.05, 0) is 64.8 Å². The summed E-state index contributed by atoms with van der Waals surface area (Å²) in [5.74, 6) is 2.09. The number of nitrogens with zero attached hydrogens (tertiary/aromatic N) is 4. The predicted molar refractivity (Wildman–Crippen MR) is 141 cm³/mol. The average Bonchev–Trinajstić information content (AvgIpc) is 3.48. The lowest BCUT2D eigenvalue weighted by molar-refractivity contribution is 0.321. The third-order valence-electron chi connectivity index (χ3n) is 6.97. The van der Waals surface area contributed by atoms with Gasteiger partial charge in [0, 0.05) is 18.7 Å². The molecule has 2 aliphatic heterocycles. The molecule has 0 aromatic heterocycles. The van der Waals surface area contributed by atoms with Crippen molar-refractivity contribution in [1.29, 1.82) is 5.26 Å². The zero-order valence-corrected chi connectivity index (χ0v) is 20.4. The number of nitriles is 1. The number of rotatable bonds is 6. The molecule has 0 N–H and O–H groups in total. The SMILES string of the molecule is CC(C)Cc1ccc(C2=NC(c3ccc(CN4CCC(C)C4)c4ccccc34)=NC2)cc1C#N. The number of hydrogen-bond acceptors (Lipinski definition) is 4. The third kappa shape index (κ3) is 4.54. The van der Waals surface area contributed by atoms with Gasteiger partial charge in [0.05, 0.1) is 23.9 Å². The molecule has 3 aromatic carbocycles. The lowest BCUT2D eigenvalue weighted by Crippen LogP contribution is -2.19. The van der Waals surface area contributed by atoms with Crippen molar-refractivity contribution in [2.75, 3.05) is 19.6 Å². The molecule has 0 radical (unpaired) electrons. The Morgan fingerprint density at radius 3 is 2.59 bits per heavy atom. The van der Waals surface area contributed by atoms with Crippen LogP contribution in [0, 0.1) is 23.2 Å². The fraction of sp³-hybridized carbons (Fsp3) is 0.367. The van der Waals surface area contributed by atoms with Gasteiger partial charge >= 0.3 is 0 Å². The fourth-order valence-corrected chi connectivity index (χ4v) is 5.23. The number of amidine groups is 1. The van der Waals surface area contributed by atoms with Crippen LogP contribution >= 0.6 is 0 Å². The van der Waals surface area contributed by atoms with Crippen LogP contribution in [0.15, 0.2) is 64.6 Å². The quantitative estimate of drug-likeness (QED) is 0.464. The highest BCUT2D eigenvalue weighted by Crippen LogP contribution is 2.28. The predicted octanol–water partition coefficient (Wildman–Crippen LogP) is 6.00. The molecule has 1 saturated heterocycles. The summed E-state index contributed by atoms with van der Waals surface area (Å²) < 4.78 is 0. The minimum atomic E-state index is 0.516. The number of aliphatic imine (C=N–C) groups is 2. The van der Waals surface area contributed by atoms with Crippen molar-refractivity contribution >= 4 is 22.3 Å². The standard InChI is InChI=1S/C30H32N4/c1-20(2)14-22-8-9-23(15-25(22)16-31)29-17-32-30(33-29)28-11-10-24(19-34-13-12-21(3)18-34)26-6-4-5-7-27(26)28/h4-11,15,20-21H,12-14,17-19H2,1-3H3. The van der Waals surface area contributed by atoms with Crippen LogP contribution in [0.3, 0.4) is 0 Å². The van der Waals surface area contributed by atoms with Gasteiger partial charge in [-0.25, -0.2) is 4.99 Å². The fourth-order valence-electron chi connectivity index (χ4n) is 5.23. The maximum absolute atomic E-state index is 9.67. The first-order valence-electron chi connectivity index (χ1n) is 12.4. The lowest BCUT2D eigenvalue weighted by atomic mass is 9.95. The topological polar surface area (TPSA) is 51.8 Å². The Bertz CT molecular complexity index is 1330. The van der Waals surface area contributed by atoms with Crippen LogP contribution in [0.1, 0.15) is 55.0 Å². The van der Waals surface area contributed by atoms with Gasteiger partial charge in [-0.2, -0.15) is 5.26 Å². The molecule has 0 bridgehead atoms. The van der Waals surface area contributed by atoms with Crippen LogP contribution in [0.2, 0.25) is 0 Å². The molecule has 1 atom stereocenters. The van der Waals surface area contributed by atoms with Gasteiger partial charge in [-0.15, -0.1) is 0 Å². The molecule has 4 nitrogen and oxygen atoms in total. The van der Waals surface area contributed by atoms with E-state index in [1.54, 1.807) is 0 Å². The smallest absolute Gasteiger partial charge is 0.155 e. The summed E-state index contributed by atoms with van der Waals surface area (Å²) in [4.78, 5) is 12.3. The highest BCUT2D eigenvalue weighted by atomic mass is 15.1. The highest BCUT2D eigenvalue weighted by molar-refractivity contribution is 6.21. The van der Waals surface area contributed by atoms with Crippen molar-refractivity contribution in [3.05, 3.63) is 82.4 Å². The number of hydrogen-bond donors (Lipinski definition) is 0. The van der Waals surface area contributed by atoms with Gasteiger partial charge in [-0.1, -0.05) is 69.3 Å². The number of fused-ring (bicyclic) bond motifs is 1. The van der Waals surface area contributed by atoms with Gasteiger partial charge in [-0.3, -0.25) is 9.89 Å². The van der Waals surface area contributed by atoms with E-state index in [9.17, 15) is 5.26 Å². The van der Waals surface area contributed by atoms with Gasteiger partial charge in [0.2, 0.25) is 0 Å². The second-order valence-corrected chi connectivity index (χ2v) is 10.2. The molecule has 1 fully saturated rings. The molecule has 4 heteroatoms. The maximum atomic E-state index is 9.67. The van der Waals surface area contributed by atoms with Crippen molar-refractivity contribution in [2.24, 2.45) is 21.8 Å². The first-order valence-corrected chi connectivity index (χ1v) is 12.4. The van der Waals surface area contributed by atoms with Crippen molar-refractivity contribution in [3.63, 3.8) is 0 Å². The monoisotopic (exact) mass is 448 g/mol. The van der Waals surface area contributed by atoms with Crippen LogP contribution in [-0.4, -0.2) is 36.1 Å². The first kappa shape index (κ1) is 22.5. The van der Waals surface area contributed by atoms with E-state index in [0.29, 0.717) is 12.5 Å². The molecule has 3 aromatic rings. The molecule has 34 heavy (non-hydrogen) atoms. The molecule has 0 aliphatic carbocycles. The molecule has 1 unspecified atom stereocenters. The summed E-state index contributed by atoms with van der Waals surface area (Å²) in [6, 6.07) is 21.6. The zero-order valence-electron chi connectivity index (χ0n) is 20.4. The van der Waals surface area contributed by atoms with E-state index in [1.165, 1.54) is 35.8 Å². The average molecular weight is 449 g/mol. The van der Waals surface area contributed by atoms with Crippen LogP contribution in [0.4, 0.5) is 0 Å². The van der Waals surface area contributed by atoms with E-state index in [2.05, 4.69) is 80.3 Å². The van der Waals surface area contributed by atoms with Crippen molar-refractivity contribution in [1.82, 2.24) is 4.90 Å². The summed E-state index contributed by atoms with van der Waals surface area (Å²) in [6.45, 7) is 10.6. The van der Waals surface area contributed by atoms with Gasteiger partial charge in [0.25, 0.3) is 0 Å². The summed E-state index contributed by atoms with van der Waals surface area (Å²) >= 11 is 0. The van der Waals surface area contributed by atoms with Gasteiger partial charge in [0.1, 0.15) is 0 Å². The molecule has 0 amide bonds. The highest BCUT2D eigenvalue weighted by Gasteiger charge is 2.21. The van der Waals surface area contributed by atoms with E-state index in [1.807, 2.05) is 6.07 Å². The summed E-state index contributed by atoms with van der Waals surface area (Å²) in [6.07, 6.45) is 2.20. The van der Waals surface area contributed by atoms with E-state index in [-0.39, 0.29) is 0 Å². The minimum Gasteiger partial charge on any atom is -0.299 e. The van der Waals surface area contributed by atoms with Gasteiger partial charge in [0.15, 0.2) is 5.84 Å². The van der Waals surface area contributed by atoms with Crippen molar-refractivity contribution in [2.45, 2.75) is 40.2 Å². The second-order valence-electron chi connectivity index (χ2n) is 10.2. The molecular formula is C30H32N4. The van der Waals surface area contributed by atoms with Crippen LogP contribution in [-0.2, 0) is 13.0 Å².